The number of hydrogen-bond donors (Lipinski definition) is 1. The number of nitrogens with one attached hydrogen (secondary N) is 1. The van der Waals surface area contributed by atoms with Gasteiger partial charge in [0.05, 0.1) is 0 Å². The van der Waals surface area contributed by atoms with E-state index in [0.29, 0.717) is 0 Å². The highest BCUT2D eigenvalue weighted by molar-refractivity contribution is 5.94. The van der Waals surface area contributed by atoms with Crippen LogP contribution in [-0.2, 0) is 13.0 Å². The van der Waals surface area contributed by atoms with E-state index in [1.54, 1.807) is 0 Å². The van der Waals surface area contributed by atoms with E-state index in [1.807, 2.05) is 36.2 Å². The Kier molecular flexibility index (Phi) is 6.86. The van der Waals surface area contributed by atoms with E-state index < -0.39 is 0 Å². The Morgan fingerprint density at radius 2 is 1.88 bits per heavy atom. The second kappa shape index (κ2) is 9.11. The predicted octanol–water partition coefficient (Wildman–Crippen LogP) is 4.73. The number of benzene rings is 2. The van der Waals surface area contributed by atoms with Gasteiger partial charge in [0.15, 0.2) is 0 Å². The summed E-state index contributed by atoms with van der Waals surface area (Å²) in [5.74, 6) is 0.0965. The lowest BCUT2D eigenvalue weighted by molar-refractivity contribution is 0.0793. The monoisotopic (exact) mass is 324 g/mol. The van der Waals surface area contributed by atoms with E-state index in [1.165, 1.54) is 5.56 Å². The van der Waals surface area contributed by atoms with Crippen molar-refractivity contribution in [1.82, 2.24) is 4.90 Å². The maximum Gasteiger partial charge on any atom is 0.253 e. The quantitative estimate of drug-likeness (QED) is 0.761. The Bertz CT molecular complexity index is 666. The van der Waals surface area contributed by atoms with Crippen molar-refractivity contribution in [2.45, 2.75) is 39.7 Å². The van der Waals surface area contributed by atoms with Crippen molar-refractivity contribution in [2.24, 2.45) is 0 Å². The molecule has 0 fully saturated rings. The van der Waals surface area contributed by atoms with Crippen LogP contribution >= 0.6 is 0 Å². The highest BCUT2D eigenvalue weighted by atomic mass is 16.2. The SMILES string of the molecule is CCCCN(C)C(=O)c1cccc(CNc2ccccc2CC)c1. The van der Waals surface area contributed by atoms with E-state index in [4.69, 9.17) is 0 Å². The van der Waals surface area contributed by atoms with E-state index in [9.17, 15) is 4.79 Å². The molecule has 0 unspecified atom stereocenters. The Morgan fingerprint density at radius 3 is 2.62 bits per heavy atom. The molecule has 0 radical (unpaired) electrons. The molecule has 0 bridgehead atoms. The van der Waals surface area contributed by atoms with Gasteiger partial charge in [-0.2, -0.15) is 0 Å². The molecule has 0 saturated carbocycles. The topological polar surface area (TPSA) is 32.3 Å². The molecular weight excluding hydrogens is 296 g/mol. The average molecular weight is 324 g/mol. The minimum absolute atomic E-state index is 0.0965. The molecule has 0 saturated heterocycles. The van der Waals surface area contributed by atoms with Crippen LogP contribution in [0.5, 0.6) is 0 Å². The first kappa shape index (κ1) is 18.1. The van der Waals surface area contributed by atoms with Gasteiger partial charge in [-0.05, 0) is 42.2 Å². The maximum atomic E-state index is 12.5. The van der Waals surface area contributed by atoms with Crippen LogP contribution in [0.25, 0.3) is 0 Å². The molecule has 0 aromatic heterocycles. The Morgan fingerprint density at radius 1 is 1.08 bits per heavy atom. The van der Waals surface area contributed by atoms with E-state index in [2.05, 4.69) is 43.4 Å². The second-order valence-electron chi connectivity index (χ2n) is 6.14. The van der Waals surface area contributed by atoms with Crippen molar-refractivity contribution in [2.75, 3.05) is 18.9 Å². The summed E-state index contributed by atoms with van der Waals surface area (Å²) >= 11 is 0. The van der Waals surface area contributed by atoms with Gasteiger partial charge >= 0.3 is 0 Å². The third kappa shape index (κ3) is 4.85. The first-order chi connectivity index (χ1) is 11.7. The molecule has 0 spiro atoms. The van der Waals surface area contributed by atoms with Gasteiger partial charge in [-0.1, -0.05) is 50.6 Å². The average Bonchev–Trinajstić information content (AvgIpc) is 2.64. The molecule has 0 heterocycles. The molecule has 3 heteroatoms. The summed E-state index contributed by atoms with van der Waals surface area (Å²) in [6.45, 7) is 5.82. The number of amides is 1. The van der Waals surface area contributed by atoms with E-state index in [0.717, 1.165) is 49.2 Å². The maximum absolute atomic E-state index is 12.5. The van der Waals surface area contributed by atoms with Crippen LogP contribution in [0.4, 0.5) is 5.69 Å². The van der Waals surface area contributed by atoms with Crippen molar-refractivity contribution in [3.05, 3.63) is 65.2 Å². The van der Waals surface area contributed by atoms with Crippen molar-refractivity contribution in [3.63, 3.8) is 0 Å². The number of carbonyl (C=O) groups is 1. The fraction of sp³-hybridized carbons (Fsp3) is 0.381. The summed E-state index contributed by atoms with van der Waals surface area (Å²) in [6.07, 6.45) is 3.14. The molecular formula is C21H28N2O. The molecule has 2 aromatic carbocycles. The number of rotatable bonds is 8. The number of nitrogens with zero attached hydrogens (tertiary/aromatic N) is 1. The van der Waals surface area contributed by atoms with Crippen molar-refractivity contribution in [1.29, 1.82) is 0 Å². The Labute approximate surface area is 145 Å². The van der Waals surface area contributed by atoms with Crippen LogP contribution in [0.3, 0.4) is 0 Å². The van der Waals surface area contributed by atoms with Crippen molar-refractivity contribution < 1.29 is 4.79 Å². The zero-order chi connectivity index (χ0) is 17.4. The molecule has 2 aromatic rings. The number of para-hydroxylation sites is 1. The lowest BCUT2D eigenvalue weighted by atomic mass is 10.1. The third-order valence-corrected chi connectivity index (χ3v) is 4.25. The van der Waals surface area contributed by atoms with Gasteiger partial charge in [-0.3, -0.25) is 4.79 Å². The first-order valence-corrected chi connectivity index (χ1v) is 8.81. The molecule has 3 nitrogen and oxygen atoms in total. The fourth-order valence-corrected chi connectivity index (χ4v) is 2.73. The molecule has 1 amide bonds. The largest absolute Gasteiger partial charge is 0.381 e. The molecule has 0 aliphatic rings. The van der Waals surface area contributed by atoms with Gasteiger partial charge in [-0.25, -0.2) is 0 Å². The van der Waals surface area contributed by atoms with Crippen molar-refractivity contribution in [3.8, 4) is 0 Å². The summed E-state index contributed by atoms with van der Waals surface area (Å²) in [7, 11) is 1.88. The fourth-order valence-electron chi connectivity index (χ4n) is 2.73. The Hall–Kier alpha value is -2.29. The van der Waals surface area contributed by atoms with Gasteiger partial charge < -0.3 is 10.2 Å². The van der Waals surface area contributed by atoms with Crippen LogP contribution < -0.4 is 5.32 Å². The highest BCUT2D eigenvalue weighted by Gasteiger charge is 2.11. The Balaban J connectivity index is 2.03. The summed E-state index contributed by atoms with van der Waals surface area (Å²) in [6, 6.07) is 16.3. The second-order valence-corrected chi connectivity index (χ2v) is 6.14. The van der Waals surface area contributed by atoms with Crippen LogP contribution in [-0.4, -0.2) is 24.4 Å². The lowest BCUT2D eigenvalue weighted by Crippen LogP contribution is -2.27. The highest BCUT2D eigenvalue weighted by Crippen LogP contribution is 2.17. The van der Waals surface area contributed by atoms with Crippen LogP contribution in [0.2, 0.25) is 0 Å². The number of unbranched alkanes of at least 4 members (excludes halogenated alkanes) is 1. The lowest BCUT2D eigenvalue weighted by Gasteiger charge is -2.17. The number of anilines is 1. The summed E-state index contributed by atoms with van der Waals surface area (Å²) in [5.41, 5.74) is 4.35. The molecule has 0 atom stereocenters. The van der Waals surface area contributed by atoms with Gasteiger partial charge in [-0.15, -0.1) is 0 Å². The molecule has 1 N–H and O–H groups in total. The third-order valence-electron chi connectivity index (χ3n) is 4.25. The molecule has 24 heavy (non-hydrogen) atoms. The van der Waals surface area contributed by atoms with Crippen molar-refractivity contribution >= 4 is 11.6 Å². The smallest absolute Gasteiger partial charge is 0.253 e. The summed E-state index contributed by atoms with van der Waals surface area (Å²) < 4.78 is 0. The van der Waals surface area contributed by atoms with Gasteiger partial charge in [0.2, 0.25) is 0 Å². The molecule has 0 aliphatic carbocycles. The van der Waals surface area contributed by atoms with Gasteiger partial charge in [0.25, 0.3) is 5.91 Å². The minimum Gasteiger partial charge on any atom is -0.381 e. The van der Waals surface area contributed by atoms with E-state index in [-0.39, 0.29) is 5.91 Å². The molecule has 128 valence electrons. The summed E-state index contributed by atoms with van der Waals surface area (Å²) in [4.78, 5) is 14.3. The van der Waals surface area contributed by atoms with Gasteiger partial charge in [0.1, 0.15) is 0 Å². The van der Waals surface area contributed by atoms with Crippen LogP contribution in [0, 0.1) is 0 Å². The molecule has 0 aliphatic heterocycles. The predicted molar refractivity (Wildman–Crippen MR) is 101 cm³/mol. The zero-order valence-electron chi connectivity index (χ0n) is 15.0. The van der Waals surface area contributed by atoms with Crippen LogP contribution in [0.1, 0.15) is 48.2 Å². The standard InChI is InChI=1S/C21H28N2O/c1-4-6-14-23(3)21(24)19-12-9-10-17(15-19)16-22-20-13-8-7-11-18(20)5-2/h7-13,15,22H,4-6,14,16H2,1-3H3. The zero-order valence-corrected chi connectivity index (χ0v) is 15.0. The van der Waals surface area contributed by atoms with Gasteiger partial charge in [0, 0.05) is 31.4 Å². The number of hydrogen-bond acceptors (Lipinski definition) is 2. The summed E-state index contributed by atoms with van der Waals surface area (Å²) in [5, 5.41) is 3.49. The van der Waals surface area contributed by atoms with E-state index >= 15 is 0 Å². The normalized spacial score (nSPS) is 10.5. The number of aryl methyl sites for hydroxylation is 1. The van der Waals surface area contributed by atoms with Crippen LogP contribution in [0.15, 0.2) is 48.5 Å². The molecule has 2 rings (SSSR count). The first-order valence-electron chi connectivity index (χ1n) is 8.81. The minimum atomic E-state index is 0.0965. The number of carbonyl (C=O) groups excluding carboxylic acids is 1.